The summed E-state index contributed by atoms with van der Waals surface area (Å²) in [6.07, 6.45) is 1.89. The van der Waals surface area contributed by atoms with Crippen molar-refractivity contribution in [2.75, 3.05) is 25.5 Å². The first kappa shape index (κ1) is 14.3. The normalized spacial score (nSPS) is 16.5. The second-order valence-electron chi connectivity index (χ2n) is 4.48. The summed E-state index contributed by atoms with van der Waals surface area (Å²) in [4.78, 5) is 13.7. The fourth-order valence-corrected chi connectivity index (χ4v) is 2.32. The number of nitrogens with zero attached hydrogens (tertiary/aromatic N) is 1. The minimum absolute atomic E-state index is 0.198. The minimum atomic E-state index is -0.393. The summed E-state index contributed by atoms with van der Waals surface area (Å²) < 4.78 is 19.0. The molecule has 0 bridgehead atoms. The number of hydrogen-bond acceptors (Lipinski definition) is 2. The highest BCUT2D eigenvalue weighted by Crippen LogP contribution is 2.20. The SMILES string of the molecule is COC1CCN(C(=O)Nc2ccc(Br)c(F)c2)CC1. The van der Waals surface area contributed by atoms with Crippen molar-refractivity contribution in [2.45, 2.75) is 18.9 Å². The van der Waals surface area contributed by atoms with E-state index >= 15 is 0 Å². The number of halogens is 2. The Kier molecular flexibility index (Phi) is 4.76. The van der Waals surface area contributed by atoms with Crippen LogP contribution in [0.3, 0.4) is 0 Å². The molecule has 104 valence electrons. The molecule has 1 aliphatic rings. The highest BCUT2D eigenvalue weighted by atomic mass is 79.9. The first-order valence-electron chi connectivity index (χ1n) is 6.14. The topological polar surface area (TPSA) is 41.6 Å². The number of likely N-dealkylation sites (tertiary alicyclic amines) is 1. The van der Waals surface area contributed by atoms with E-state index in [1.54, 1.807) is 24.1 Å². The summed E-state index contributed by atoms with van der Waals surface area (Å²) in [5.74, 6) is -0.393. The summed E-state index contributed by atoms with van der Waals surface area (Å²) in [5.41, 5.74) is 0.458. The van der Waals surface area contributed by atoms with Crippen molar-refractivity contribution in [1.29, 1.82) is 0 Å². The van der Waals surface area contributed by atoms with Crippen LogP contribution in [0.1, 0.15) is 12.8 Å². The van der Waals surface area contributed by atoms with Crippen molar-refractivity contribution in [3.8, 4) is 0 Å². The van der Waals surface area contributed by atoms with Gasteiger partial charge >= 0.3 is 6.03 Å². The molecular weight excluding hydrogens is 315 g/mol. The predicted molar refractivity (Wildman–Crippen MR) is 74.7 cm³/mol. The Labute approximate surface area is 120 Å². The molecule has 1 heterocycles. The first-order valence-corrected chi connectivity index (χ1v) is 6.93. The lowest BCUT2D eigenvalue weighted by Crippen LogP contribution is -2.42. The maximum absolute atomic E-state index is 13.3. The van der Waals surface area contributed by atoms with E-state index in [1.807, 2.05) is 0 Å². The van der Waals surface area contributed by atoms with Gasteiger partial charge in [0, 0.05) is 25.9 Å². The van der Waals surface area contributed by atoms with Gasteiger partial charge in [0.1, 0.15) is 5.82 Å². The van der Waals surface area contributed by atoms with Gasteiger partial charge in [-0.2, -0.15) is 0 Å². The van der Waals surface area contributed by atoms with Crippen LogP contribution in [-0.2, 0) is 4.74 Å². The predicted octanol–water partition coefficient (Wildman–Crippen LogP) is 3.23. The van der Waals surface area contributed by atoms with Crippen molar-refractivity contribution < 1.29 is 13.9 Å². The van der Waals surface area contributed by atoms with Crippen LogP contribution in [0.2, 0.25) is 0 Å². The van der Waals surface area contributed by atoms with Crippen molar-refractivity contribution in [1.82, 2.24) is 4.90 Å². The molecule has 0 aromatic heterocycles. The summed E-state index contributed by atoms with van der Waals surface area (Å²) in [6.45, 7) is 1.31. The van der Waals surface area contributed by atoms with E-state index in [0.29, 0.717) is 23.2 Å². The minimum Gasteiger partial charge on any atom is -0.381 e. The molecule has 1 aromatic rings. The second kappa shape index (κ2) is 6.34. The number of anilines is 1. The average molecular weight is 331 g/mol. The van der Waals surface area contributed by atoms with E-state index < -0.39 is 5.82 Å². The summed E-state index contributed by atoms with van der Waals surface area (Å²) in [5, 5.41) is 2.70. The lowest BCUT2D eigenvalue weighted by molar-refractivity contribution is 0.0521. The highest BCUT2D eigenvalue weighted by molar-refractivity contribution is 9.10. The van der Waals surface area contributed by atoms with Crippen LogP contribution in [0.25, 0.3) is 0 Å². The molecule has 0 saturated carbocycles. The number of benzene rings is 1. The van der Waals surface area contributed by atoms with E-state index in [1.165, 1.54) is 6.07 Å². The summed E-state index contributed by atoms with van der Waals surface area (Å²) in [7, 11) is 1.69. The van der Waals surface area contributed by atoms with E-state index in [9.17, 15) is 9.18 Å². The molecule has 19 heavy (non-hydrogen) atoms. The van der Waals surface area contributed by atoms with Crippen molar-refractivity contribution >= 4 is 27.6 Å². The van der Waals surface area contributed by atoms with Crippen molar-refractivity contribution in [2.24, 2.45) is 0 Å². The van der Waals surface area contributed by atoms with Gasteiger partial charge in [-0.15, -0.1) is 0 Å². The monoisotopic (exact) mass is 330 g/mol. The Bertz CT molecular complexity index is 462. The molecule has 0 spiro atoms. The Hall–Kier alpha value is -1.14. The van der Waals surface area contributed by atoms with Crippen LogP contribution in [0, 0.1) is 5.82 Å². The lowest BCUT2D eigenvalue weighted by Gasteiger charge is -2.31. The van der Waals surface area contributed by atoms with Crippen LogP contribution in [-0.4, -0.2) is 37.2 Å². The number of amides is 2. The number of nitrogens with one attached hydrogen (secondary N) is 1. The molecule has 1 fully saturated rings. The number of piperidine rings is 1. The lowest BCUT2D eigenvalue weighted by atomic mass is 10.1. The van der Waals surface area contributed by atoms with Gasteiger partial charge in [0.2, 0.25) is 0 Å². The molecule has 0 unspecified atom stereocenters. The fraction of sp³-hybridized carbons (Fsp3) is 0.462. The number of methoxy groups -OCH3 is 1. The molecule has 0 aliphatic carbocycles. The summed E-state index contributed by atoms with van der Waals surface area (Å²) in [6, 6.07) is 4.33. The molecule has 2 amide bonds. The summed E-state index contributed by atoms with van der Waals surface area (Å²) >= 11 is 3.07. The van der Waals surface area contributed by atoms with Gasteiger partial charge in [0.25, 0.3) is 0 Å². The molecule has 2 rings (SSSR count). The number of ether oxygens (including phenoxy) is 1. The quantitative estimate of drug-likeness (QED) is 0.904. The largest absolute Gasteiger partial charge is 0.381 e. The number of rotatable bonds is 2. The third-order valence-corrected chi connectivity index (χ3v) is 3.88. The molecular formula is C13H16BrFN2O2. The van der Waals surface area contributed by atoms with Crippen LogP contribution >= 0.6 is 15.9 Å². The van der Waals surface area contributed by atoms with E-state index in [2.05, 4.69) is 21.2 Å². The molecule has 1 aliphatic heterocycles. The first-order chi connectivity index (χ1) is 9.10. The van der Waals surface area contributed by atoms with Gasteiger partial charge in [-0.05, 0) is 47.0 Å². The maximum Gasteiger partial charge on any atom is 0.321 e. The molecule has 1 saturated heterocycles. The van der Waals surface area contributed by atoms with Gasteiger partial charge in [-0.25, -0.2) is 9.18 Å². The molecule has 6 heteroatoms. The fourth-order valence-electron chi connectivity index (χ4n) is 2.07. The van der Waals surface area contributed by atoms with Crippen LogP contribution < -0.4 is 5.32 Å². The van der Waals surface area contributed by atoms with Crippen molar-refractivity contribution in [3.05, 3.63) is 28.5 Å². The van der Waals surface area contributed by atoms with Gasteiger partial charge in [-0.1, -0.05) is 0 Å². The number of urea groups is 1. The number of carbonyl (C=O) groups excluding carboxylic acids is 1. The number of carbonyl (C=O) groups is 1. The molecule has 0 atom stereocenters. The molecule has 4 nitrogen and oxygen atoms in total. The van der Waals surface area contributed by atoms with Crippen LogP contribution in [0.15, 0.2) is 22.7 Å². The van der Waals surface area contributed by atoms with Gasteiger partial charge < -0.3 is 15.0 Å². The van der Waals surface area contributed by atoms with Crippen LogP contribution in [0.5, 0.6) is 0 Å². The number of hydrogen-bond donors (Lipinski definition) is 1. The molecule has 0 radical (unpaired) electrons. The second-order valence-corrected chi connectivity index (χ2v) is 5.34. The van der Waals surface area contributed by atoms with Gasteiger partial charge in [0.05, 0.1) is 10.6 Å². The standard InChI is InChI=1S/C13H16BrFN2O2/c1-19-10-4-6-17(7-5-10)13(18)16-9-2-3-11(14)12(15)8-9/h2-3,8,10H,4-7H2,1H3,(H,16,18). The van der Waals surface area contributed by atoms with Crippen molar-refractivity contribution in [3.63, 3.8) is 0 Å². The average Bonchev–Trinajstić information content (AvgIpc) is 2.43. The van der Waals surface area contributed by atoms with E-state index in [4.69, 9.17) is 4.74 Å². The van der Waals surface area contributed by atoms with Gasteiger partial charge in [0.15, 0.2) is 0 Å². The Morgan fingerprint density at radius 1 is 1.47 bits per heavy atom. The molecule has 1 N–H and O–H groups in total. The van der Waals surface area contributed by atoms with E-state index in [0.717, 1.165) is 12.8 Å². The zero-order valence-electron chi connectivity index (χ0n) is 10.7. The Balaban J connectivity index is 1.92. The maximum atomic E-state index is 13.3. The smallest absolute Gasteiger partial charge is 0.321 e. The third-order valence-electron chi connectivity index (χ3n) is 3.23. The van der Waals surface area contributed by atoms with Crippen LogP contribution in [0.4, 0.5) is 14.9 Å². The Morgan fingerprint density at radius 2 is 2.16 bits per heavy atom. The molecule has 1 aromatic carbocycles. The van der Waals surface area contributed by atoms with E-state index in [-0.39, 0.29) is 12.1 Å². The zero-order valence-corrected chi connectivity index (χ0v) is 12.2. The Morgan fingerprint density at radius 3 is 2.74 bits per heavy atom. The highest BCUT2D eigenvalue weighted by Gasteiger charge is 2.22. The third kappa shape index (κ3) is 3.67. The van der Waals surface area contributed by atoms with Gasteiger partial charge in [-0.3, -0.25) is 0 Å². The zero-order chi connectivity index (χ0) is 13.8.